The fraction of sp³-hybridized carbons (Fsp3) is 0.231. The van der Waals surface area contributed by atoms with Gasteiger partial charge in [-0.05, 0) is 59.9 Å². The Morgan fingerprint density at radius 1 is 1.12 bits per heavy atom. The van der Waals surface area contributed by atoms with Crippen molar-refractivity contribution in [2.75, 3.05) is 13.2 Å². The molecule has 2 aromatic heterocycles. The number of aromatic amines is 1. The van der Waals surface area contributed by atoms with Crippen LogP contribution in [0.25, 0.3) is 22.0 Å². The van der Waals surface area contributed by atoms with Crippen LogP contribution in [0.15, 0.2) is 73.2 Å². The maximum Gasteiger partial charge on any atom is 0.255 e. The topological polar surface area (TPSA) is 87.2 Å². The number of pyridine rings is 1. The number of aromatic nitrogens is 2. The molecule has 0 fully saturated rings. The van der Waals surface area contributed by atoms with E-state index >= 15 is 0 Å². The summed E-state index contributed by atoms with van der Waals surface area (Å²) in [6.45, 7) is 2.38. The number of aliphatic hydroxyl groups excluding tert-OH is 1. The fourth-order valence-electron chi connectivity index (χ4n) is 3.76. The predicted octanol–water partition coefficient (Wildman–Crippen LogP) is 4.35. The number of ether oxygens (including phenoxy) is 1. The SMILES string of the molecule is CCCOc1ccc(-c2ccncc2)cc1C(=O)N[C@H](CO)Cc1c[nH]c2ccccc12. The van der Waals surface area contributed by atoms with Crippen LogP contribution in [0.5, 0.6) is 5.75 Å². The lowest BCUT2D eigenvalue weighted by Gasteiger charge is -2.18. The van der Waals surface area contributed by atoms with E-state index in [1.54, 1.807) is 12.4 Å². The summed E-state index contributed by atoms with van der Waals surface area (Å²) in [5, 5.41) is 14.0. The van der Waals surface area contributed by atoms with E-state index in [0.29, 0.717) is 24.3 Å². The second kappa shape index (κ2) is 10.1. The zero-order chi connectivity index (χ0) is 22.3. The monoisotopic (exact) mass is 429 g/mol. The van der Waals surface area contributed by atoms with Crippen molar-refractivity contribution in [1.82, 2.24) is 15.3 Å². The number of benzene rings is 2. The first-order valence-electron chi connectivity index (χ1n) is 10.8. The molecule has 6 nitrogen and oxygen atoms in total. The quantitative estimate of drug-likeness (QED) is 0.369. The summed E-state index contributed by atoms with van der Waals surface area (Å²) in [7, 11) is 0. The minimum Gasteiger partial charge on any atom is -0.493 e. The second-order valence-electron chi connectivity index (χ2n) is 7.71. The molecule has 2 heterocycles. The lowest BCUT2D eigenvalue weighted by molar-refractivity contribution is 0.0912. The van der Waals surface area contributed by atoms with Crippen LogP contribution in [0.1, 0.15) is 29.3 Å². The van der Waals surface area contributed by atoms with Crippen molar-refractivity contribution < 1.29 is 14.6 Å². The van der Waals surface area contributed by atoms with Gasteiger partial charge in [-0.25, -0.2) is 0 Å². The van der Waals surface area contributed by atoms with Crippen LogP contribution in [0.3, 0.4) is 0 Å². The summed E-state index contributed by atoms with van der Waals surface area (Å²) in [6, 6.07) is 17.0. The highest BCUT2D eigenvalue weighted by molar-refractivity contribution is 5.98. The van der Waals surface area contributed by atoms with E-state index in [9.17, 15) is 9.90 Å². The molecule has 32 heavy (non-hydrogen) atoms. The van der Waals surface area contributed by atoms with Crippen molar-refractivity contribution in [3.8, 4) is 16.9 Å². The molecule has 3 N–H and O–H groups in total. The Bertz CT molecular complexity index is 1190. The van der Waals surface area contributed by atoms with Crippen LogP contribution in [0.4, 0.5) is 0 Å². The standard InChI is InChI=1S/C26H27N3O3/c1-2-13-32-25-8-7-19(18-9-11-27-12-10-18)15-23(25)26(31)29-21(17-30)14-20-16-28-24-6-4-3-5-22(20)24/h3-12,15-16,21,28,30H,2,13-14,17H2,1H3,(H,29,31)/t21-/m0/s1. The molecule has 6 heteroatoms. The number of nitrogens with one attached hydrogen (secondary N) is 2. The van der Waals surface area contributed by atoms with Crippen LogP contribution in [-0.2, 0) is 6.42 Å². The van der Waals surface area contributed by atoms with Crippen LogP contribution >= 0.6 is 0 Å². The largest absolute Gasteiger partial charge is 0.493 e. The molecule has 0 aliphatic rings. The Morgan fingerprint density at radius 3 is 2.72 bits per heavy atom. The van der Waals surface area contributed by atoms with Gasteiger partial charge in [0.05, 0.1) is 24.8 Å². The Balaban J connectivity index is 1.58. The van der Waals surface area contributed by atoms with E-state index in [4.69, 9.17) is 4.74 Å². The maximum absolute atomic E-state index is 13.3. The van der Waals surface area contributed by atoms with Crippen LogP contribution in [0, 0.1) is 0 Å². The van der Waals surface area contributed by atoms with Gasteiger partial charge in [0, 0.05) is 29.5 Å². The zero-order valence-electron chi connectivity index (χ0n) is 18.0. The highest BCUT2D eigenvalue weighted by Crippen LogP contribution is 2.27. The first-order chi connectivity index (χ1) is 15.7. The molecule has 0 unspecified atom stereocenters. The lowest BCUT2D eigenvalue weighted by Crippen LogP contribution is -2.39. The van der Waals surface area contributed by atoms with Crippen molar-refractivity contribution in [2.45, 2.75) is 25.8 Å². The summed E-state index contributed by atoms with van der Waals surface area (Å²) < 4.78 is 5.84. The van der Waals surface area contributed by atoms with Gasteiger partial charge in [-0.3, -0.25) is 9.78 Å². The first-order valence-corrected chi connectivity index (χ1v) is 10.8. The number of aliphatic hydroxyl groups is 1. The number of amides is 1. The smallest absolute Gasteiger partial charge is 0.255 e. The Kier molecular flexibility index (Phi) is 6.82. The molecule has 0 spiro atoms. The van der Waals surface area contributed by atoms with Crippen molar-refractivity contribution >= 4 is 16.8 Å². The molecule has 0 aliphatic carbocycles. The van der Waals surface area contributed by atoms with Crippen LogP contribution in [0.2, 0.25) is 0 Å². The van der Waals surface area contributed by atoms with Crippen molar-refractivity contribution in [2.24, 2.45) is 0 Å². The summed E-state index contributed by atoms with van der Waals surface area (Å²) in [5.41, 5.74) is 4.40. The van der Waals surface area contributed by atoms with Crippen molar-refractivity contribution in [1.29, 1.82) is 0 Å². The zero-order valence-corrected chi connectivity index (χ0v) is 18.0. The molecule has 164 valence electrons. The Hall–Kier alpha value is -3.64. The average Bonchev–Trinajstić information content (AvgIpc) is 3.25. The highest BCUT2D eigenvalue weighted by Gasteiger charge is 2.19. The summed E-state index contributed by atoms with van der Waals surface area (Å²) >= 11 is 0. The van der Waals surface area contributed by atoms with Crippen molar-refractivity contribution in [3.05, 3.63) is 84.3 Å². The number of hydrogen-bond donors (Lipinski definition) is 3. The molecule has 0 bridgehead atoms. The highest BCUT2D eigenvalue weighted by atomic mass is 16.5. The number of rotatable bonds is 9. The lowest BCUT2D eigenvalue weighted by atomic mass is 10.0. The van der Waals surface area contributed by atoms with Gasteiger partial charge in [-0.2, -0.15) is 0 Å². The van der Waals surface area contributed by atoms with Crippen LogP contribution in [-0.4, -0.2) is 40.2 Å². The summed E-state index contributed by atoms with van der Waals surface area (Å²) in [6.07, 6.45) is 6.73. The van der Waals surface area contributed by atoms with Gasteiger partial charge in [-0.1, -0.05) is 31.2 Å². The third kappa shape index (κ3) is 4.81. The molecule has 1 atom stereocenters. The number of fused-ring (bicyclic) bond motifs is 1. The summed E-state index contributed by atoms with van der Waals surface area (Å²) in [5.74, 6) is 0.261. The molecule has 1 amide bonds. The third-order valence-corrected chi connectivity index (χ3v) is 5.40. The minimum atomic E-state index is -0.426. The van der Waals surface area contributed by atoms with E-state index in [1.807, 2.05) is 67.7 Å². The molecule has 4 rings (SSSR count). The number of H-pyrrole nitrogens is 1. The van der Waals surface area contributed by atoms with Gasteiger partial charge in [0.2, 0.25) is 0 Å². The molecule has 2 aromatic carbocycles. The average molecular weight is 430 g/mol. The van der Waals surface area contributed by atoms with Gasteiger partial charge in [0.15, 0.2) is 0 Å². The minimum absolute atomic E-state index is 0.166. The molecule has 0 saturated heterocycles. The van der Waals surface area contributed by atoms with E-state index < -0.39 is 6.04 Å². The van der Waals surface area contributed by atoms with E-state index in [0.717, 1.165) is 34.0 Å². The number of para-hydroxylation sites is 1. The Labute approximate surface area is 187 Å². The number of hydrogen-bond acceptors (Lipinski definition) is 4. The number of carbonyl (C=O) groups excluding carboxylic acids is 1. The molecule has 0 saturated carbocycles. The van der Waals surface area contributed by atoms with E-state index in [-0.39, 0.29) is 12.5 Å². The van der Waals surface area contributed by atoms with E-state index in [1.165, 1.54) is 0 Å². The van der Waals surface area contributed by atoms with Gasteiger partial charge >= 0.3 is 0 Å². The van der Waals surface area contributed by atoms with Gasteiger partial charge < -0.3 is 20.1 Å². The summed E-state index contributed by atoms with van der Waals surface area (Å²) in [4.78, 5) is 20.6. The van der Waals surface area contributed by atoms with Gasteiger partial charge in [0.1, 0.15) is 5.75 Å². The molecule has 0 radical (unpaired) electrons. The van der Waals surface area contributed by atoms with Crippen LogP contribution < -0.4 is 10.1 Å². The number of carbonyl (C=O) groups is 1. The molecule has 4 aromatic rings. The molecule has 0 aliphatic heterocycles. The molecular formula is C26H27N3O3. The van der Waals surface area contributed by atoms with Crippen molar-refractivity contribution in [3.63, 3.8) is 0 Å². The number of nitrogens with zero attached hydrogens (tertiary/aromatic N) is 1. The second-order valence-corrected chi connectivity index (χ2v) is 7.71. The molecular weight excluding hydrogens is 402 g/mol. The predicted molar refractivity (Wildman–Crippen MR) is 126 cm³/mol. The third-order valence-electron chi connectivity index (χ3n) is 5.40. The normalized spacial score (nSPS) is 11.9. The maximum atomic E-state index is 13.3. The van der Waals surface area contributed by atoms with Gasteiger partial charge in [0.25, 0.3) is 5.91 Å². The fourth-order valence-corrected chi connectivity index (χ4v) is 3.76. The Morgan fingerprint density at radius 2 is 1.94 bits per heavy atom. The van der Waals surface area contributed by atoms with Gasteiger partial charge in [-0.15, -0.1) is 0 Å². The van der Waals surface area contributed by atoms with E-state index in [2.05, 4.69) is 15.3 Å². The first kappa shape index (κ1) is 21.6.